The van der Waals surface area contributed by atoms with Crippen LogP contribution in [0.4, 0.5) is 0 Å². The predicted octanol–water partition coefficient (Wildman–Crippen LogP) is 2.48. The SMILES string of the molecule is COc1ccc(CCN)c(OCc2cccc(O)c2)c1. The van der Waals surface area contributed by atoms with Gasteiger partial charge in [-0.15, -0.1) is 0 Å². The van der Waals surface area contributed by atoms with Crippen molar-refractivity contribution in [2.75, 3.05) is 13.7 Å². The van der Waals surface area contributed by atoms with Gasteiger partial charge in [-0.05, 0) is 42.3 Å². The van der Waals surface area contributed by atoms with E-state index in [0.717, 1.165) is 29.0 Å². The van der Waals surface area contributed by atoms with E-state index in [-0.39, 0.29) is 5.75 Å². The molecule has 0 heterocycles. The fourth-order valence-electron chi connectivity index (χ4n) is 1.97. The zero-order valence-corrected chi connectivity index (χ0v) is 11.5. The molecule has 0 amide bonds. The highest BCUT2D eigenvalue weighted by atomic mass is 16.5. The summed E-state index contributed by atoms with van der Waals surface area (Å²) in [7, 11) is 1.62. The van der Waals surface area contributed by atoms with Gasteiger partial charge in [0.05, 0.1) is 7.11 Å². The van der Waals surface area contributed by atoms with E-state index in [4.69, 9.17) is 15.2 Å². The number of methoxy groups -OCH3 is 1. The van der Waals surface area contributed by atoms with Crippen molar-refractivity contribution >= 4 is 0 Å². The monoisotopic (exact) mass is 273 g/mol. The van der Waals surface area contributed by atoms with Crippen LogP contribution in [0.25, 0.3) is 0 Å². The van der Waals surface area contributed by atoms with Gasteiger partial charge in [0.1, 0.15) is 23.9 Å². The molecule has 0 radical (unpaired) electrons. The highest BCUT2D eigenvalue weighted by Crippen LogP contribution is 2.26. The van der Waals surface area contributed by atoms with Gasteiger partial charge in [0.2, 0.25) is 0 Å². The lowest BCUT2D eigenvalue weighted by molar-refractivity contribution is 0.299. The summed E-state index contributed by atoms with van der Waals surface area (Å²) < 4.78 is 11.0. The molecule has 2 aromatic carbocycles. The van der Waals surface area contributed by atoms with E-state index in [9.17, 15) is 5.11 Å². The van der Waals surface area contributed by atoms with Crippen LogP contribution in [0.1, 0.15) is 11.1 Å². The number of nitrogens with two attached hydrogens (primary N) is 1. The molecule has 0 spiro atoms. The van der Waals surface area contributed by atoms with Gasteiger partial charge in [-0.3, -0.25) is 0 Å². The summed E-state index contributed by atoms with van der Waals surface area (Å²) in [5.74, 6) is 1.74. The molecule has 106 valence electrons. The number of hydrogen-bond donors (Lipinski definition) is 2. The minimum Gasteiger partial charge on any atom is -0.508 e. The quantitative estimate of drug-likeness (QED) is 0.848. The van der Waals surface area contributed by atoms with Crippen molar-refractivity contribution in [3.63, 3.8) is 0 Å². The Kier molecular flexibility index (Phi) is 4.85. The maximum Gasteiger partial charge on any atom is 0.126 e. The first-order chi connectivity index (χ1) is 9.72. The smallest absolute Gasteiger partial charge is 0.126 e. The van der Waals surface area contributed by atoms with Crippen molar-refractivity contribution < 1.29 is 14.6 Å². The molecule has 0 atom stereocenters. The van der Waals surface area contributed by atoms with Crippen LogP contribution in [0.15, 0.2) is 42.5 Å². The van der Waals surface area contributed by atoms with Crippen molar-refractivity contribution in [2.45, 2.75) is 13.0 Å². The van der Waals surface area contributed by atoms with E-state index in [1.165, 1.54) is 0 Å². The average Bonchev–Trinajstić information content (AvgIpc) is 2.46. The van der Waals surface area contributed by atoms with E-state index >= 15 is 0 Å². The third-order valence-corrected chi connectivity index (χ3v) is 2.99. The summed E-state index contributed by atoms with van der Waals surface area (Å²) in [6.07, 6.45) is 0.749. The summed E-state index contributed by atoms with van der Waals surface area (Å²) in [4.78, 5) is 0. The number of hydrogen-bond acceptors (Lipinski definition) is 4. The Bertz CT molecular complexity index is 569. The van der Waals surface area contributed by atoms with Crippen LogP contribution in [0.3, 0.4) is 0 Å². The maximum atomic E-state index is 9.44. The Hall–Kier alpha value is -2.20. The average molecular weight is 273 g/mol. The molecule has 0 saturated carbocycles. The van der Waals surface area contributed by atoms with Gasteiger partial charge >= 0.3 is 0 Å². The van der Waals surface area contributed by atoms with Gasteiger partial charge in [-0.2, -0.15) is 0 Å². The van der Waals surface area contributed by atoms with E-state index in [0.29, 0.717) is 13.2 Å². The molecule has 2 rings (SSSR count). The number of ether oxygens (including phenoxy) is 2. The van der Waals surface area contributed by atoms with Crippen LogP contribution in [-0.4, -0.2) is 18.8 Å². The topological polar surface area (TPSA) is 64.7 Å². The number of phenolic OH excluding ortho intramolecular Hbond substituents is 1. The van der Waals surface area contributed by atoms with E-state index < -0.39 is 0 Å². The van der Waals surface area contributed by atoms with Gasteiger partial charge in [0.15, 0.2) is 0 Å². The molecule has 0 aliphatic heterocycles. The first kappa shape index (κ1) is 14.2. The van der Waals surface area contributed by atoms with Crippen molar-refractivity contribution in [3.8, 4) is 17.2 Å². The summed E-state index contributed by atoms with van der Waals surface area (Å²) >= 11 is 0. The molecule has 0 aliphatic carbocycles. The molecule has 4 heteroatoms. The second kappa shape index (κ2) is 6.82. The third kappa shape index (κ3) is 3.65. The van der Waals surface area contributed by atoms with Gasteiger partial charge < -0.3 is 20.3 Å². The lowest BCUT2D eigenvalue weighted by Crippen LogP contribution is -2.05. The van der Waals surface area contributed by atoms with Crippen LogP contribution in [0, 0.1) is 0 Å². The lowest BCUT2D eigenvalue weighted by Gasteiger charge is -2.13. The number of rotatable bonds is 6. The predicted molar refractivity (Wildman–Crippen MR) is 78.2 cm³/mol. The fourth-order valence-corrected chi connectivity index (χ4v) is 1.97. The zero-order chi connectivity index (χ0) is 14.4. The summed E-state index contributed by atoms with van der Waals surface area (Å²) in [6.45, 7) is 0.952. The van der Waals surface area contributed by atoms with E-state index in [1.54, 1.807) is 25.3 Å². The largest absolute Gasteiger partial charge is 0.508 e. The summed E-state index contributed by atoms with van der Waals surface area (Å²) in [5.41, 5.74) is 7.57. The second-order valence-electron chi connectivity index (χ2n) is 4.47. The lowest BCUT2D eigenvalue weighted by atomic mass is 10.1. The maximum absolute atomic E-state index is 9.44. The fraction of sp³-hybridized carbons (Fsp3) is 0.250. The molecule has 0 unspecified atom stereocenters. The molecule has 2 aromatic rings. The van der Waals surface area contributed by atoms with Crippen LogP contribution >= 0.6 is 0 Å². The van der Waals surface area contributed by atoms with Crippen molar-refractivity contribution in [1.29, 1.82) is 0 Å². The standard InChI is InChI=1S/C16H19NO3/c1-19-15-6-5-13(7-8-17)16(10-15)20-11-12-3-2-4-14(18)9-12/h2-6,9-10,18H,7-8,11,17H2,1H3. The Morgan fingerprint density at radius 2 is 2.00 bits per heavy atom. The molecular formula is C16H19NO3. The number of benzene rings is 2. The molecule has 3 N–H and O–H groups in total. The van der Waals surface area contributed by atoms with E-state index in [1.807, 2.05) is 24.3 Å². The van der Waals surface area contributed by atoms with E-state index in [2.05, 4.69) is 0 Å². The van der Waals surface area contributed by atoms with Crippen LogP contribution in [0.5, 0.6) is 17.2 Å². The number of aromatic hydroxyl groups is 1. The van der Waals surface area contributed by atoms with Crippen LogP contribution < -0.4 is 15.2 Å². The molecule has 0 saturated heterocycles. The van der Waals surface area contributed by atoms with Crippen LogP contribution in [0.2, 0.25) is 0 Å². The first-order valence-electron chi connectivity index (χ1n) is 6.50. The summed E-state index contributed by atoms with van der Waals surface area (Å²) in [6, 6.07) is 12.7. The number of phenols is 1. The van der Waals surface area contributed by atoms with Crippen LogP contribution in [-0.2, 0) is 13.0 Å². The minimum atomic E-state index is 0.235. The van der Waals surface area contributed by atoms with Gasteiger partial charge in [-0.1, -0.05) is 18.2 Å². The van der Waals surface area contributed by atoms with Crippen molar-refractivity contribution in [3.05, 3.63) is 53.6 Å². The zero-order valence-electron chi connectivity index (χ0n) is 11.5. The summed E-state index contributed by atoms with van der Waals surface area (Å²) in [5, 5.41) is 9.44. The molecular weight excluding hydrogens is 254 g/mol. The molecule has 0 aliphatic rings. The molecule has 0 aromatic heterocycles. The molecule has 4 nitrogen and oxygen atoms in total. The highest BCUT2D eigenvalue weighted by molar-refractivity contribution is 5.41. The highest BCUT2D eigenvalue weighted by Gasteiger charge is 2.06. The minimum absolute atomic E-state index is 0.235. The first-order valence-corrected chi connectivity index (χ1v) is 6.50. The third-order valence-electron chi connectivity index (χ3n) is 2.99. The normalized spacial score (nSPS) is 10.3. The Labute approximate surface area is 118 Å². The van der Waals surface area contributed by atoms with Gasteiger partial charge in [0, 0.05) is 6.07 Å². The Morgan fingerprint density at radius 3 is 2.70 bits per heavy atom. The van der Waals surface area contributed by atoms with Gasteiger partial charge in [0.25, 0.3) is 0 Å². The molecule has 0 bridgehead atoms. The van der Waals surface area contributed by atoms with Crippen molar-refractivity contribution in [2.24, 2.45) is 5.73 Å². The molecule has 0 fully saturated rings. The van der Waals surface area contributed by atoms with Crippen molar-refractivity contribution in [1.82, 2.24) is 0 Å². The molecule has 20 heavy (non-hydrogen) atoms. The Balaban J connectivity index is 2.14. The second-order valence-corrected chi connectivity index (χ2v) is 4.47. The Morgan fingerprint density at radius 1 is 1.15 bits per heavy atom. The van der Waals surface area contributed by atoms with Gasteiger partial charge in [-0.25, -0.2) is 0 Å².